The molecule has 24 heavy (non-hydrogen) atoms. The summed E-state index contributed by atoms with van der Waals surface area (Å²) in [4.78, 5) is 12.5. The minimum Gasteiger partial charge on any atom is -0.306 e. The van der Waals surface area contributed by atoms with Crippen LogP contribution in [0.4, 0.5) is 0 Å². The lowest BCUT2D eigenvalue weighted by Gasteiger charge is -2.18. The van der Waals surface area contributed by atoms with Crippen molar-refractivity contribution >= 4 is 27.9 Å². The quantitative estimate of drug-likeness (QED) is 0.304. The molecule has 0 aliphatic heterocycles. The molecule has 0 fully saturated rings. The Morgan fingerprint density at radius 2 is 1.04 bits per heavy atom. The Labute approximate surface area is 151 Å². The minimum atomic E-state index is -2.28. The topological polar surface area (TPSA) is 91.7 Å². The van der Waals surface area contributed by atoms with E-state index in [9.17, 15) is 22.3 Å². The van der Waals surface area contributed by atoms with E-state index < -0.39 is 38.4 Å². The van der Waals surface area contributed by atoms with E-state index in [1.807, 2.05) is 0 Å². The molecule has 0 heterocycles. The average molecular weight is 383 g/mol. The molecule has 0 aliphatic rings. The molecule has 144 valence electrons. The van der Waals surface area contributed by atoms with Gasteiger partial charge in [0.1, 0.15) is 10.5 Å². The second-order valence-electron chi connectivity index (χ2n) is 6.34. The van der Waals surface area contributed by atoms with Gasteiger partial charge in [-0.25, -0.2) is 8.42 Å². The molecule has 7 heteroatoms. The highest BCUT2D eigenvalue weighted by molar-refractivity contribution is 7.82. The molecule has 4 unspecified atom stereocenters. The van der Waals surface area contributed by atoms with Gasteiger partial charge in [0.25, 0.3) is 0 Å². The zero-order valence-corrected chi connectivity index (χ0v) is 16.7. The van der Waals surface area contributed by atoms with Crippen LogP contribution in [0.1, 0.15) is 90.9 Å². The second-order valence-corrected chi connectivity index (χ2v) is 8.58. The maximum absolute atomic E-state index is 12.5. The second kappa shape index (κ2) is 15.2. The highest BCUT2D eigenvalue weighted by Gasteiger charge is 2.33. The summed E-state index contributed by atoms with van der Waals surface area (Å²) >= 11 is -4.57. The molecule has 0 amide bonds. The number of carbonyl (C=O) groups is 1. The average Bonchev–Trinajstić information content (AvgIpc) is 2.53. The third-order valence-corrected chi connectivity index (χ3v) is 6.17. The van der Waals surface area contributed by atoms with E-state index in [1.165, 1.54) is 0 Å². The molecule has 0 aliphatic carbocycles. The monoisotopic (exact) mass is 382 g/mol. The summed E-state index contributed by atoms with van der Waals surface area (Å²) < 4.78 is 41.9. The van der Waals surface area contributed by atoms with Crippen molar-refractivity contribution in [1.82, 2.24) is 0 Å². The third kappa shape index (κ3) is 10.7. The van der Waals surface area contributed by atoms with E-state index in [1.54, 1.807) is 0 Å². The van der Waals surface area contributed by atoms with Gasteiger partial charge in [0.05, 0.1) is 0 Å². The highest BCUT2D eigenvalue weighted by atomic mass is 32.2. The lowest BCUT2D eigenvalue weighted by Crippen LogP contribution is -2.37. The normalized spacial score (nSPS) is 16.5. The molecule has 4 atom stereocenters. The van der Waals surface area contributed by atoms with Crippen LogP contribution in [-0.2, 0) is 27.0 Å². The number of hydrogen-bond donors (Lipinski definition) is 2. The van der Waals surface area contributed by atoms with E-state index in [-0.39, 0.29) is 0 Å². The largest absolute Gasteiger partial charge is 0.306 e. The van der Waals surface area contributed by atoms with Gasteiger partial charge in [0.15, 0.2) is 27.9 Å². The summed E-state index contributed by atoms with van der Waals surface area (Å²) in [5.74, 6) is -0.525. The van der Waals surface area contributed by atoms with Crippen LogP contribution in [0, 0.1) is 0 Å². The Hall–Kier alpha value is -0.110. The first kappa shape index (κ1) is 23.9. The molecule has 0 aromatic heterocycles. The van der Waals surface area contributed by atoms with Gasteiger partial charge < -0.3 is 9.11 Å². The van der Waals surface area contributed by atoms with Crippen molar-refractivity contribution in [2.24, 2.45) is 0 Å². The number of unbranched alkanes of at least 4 members (excludes halogenated alkanes) is 8. The van der Waals surface area contributed by atoms with E-state index >= 15 is 0 Å². The van der Waals surface area contributed by atoms with Crippen molar-refractivity contribution in [2.45, 2.75) is 101 Å². The Bertz CT molecular complexity index is 353. The predicted molar refractivity (Wildman–Crippen MR) is 101 cm³/mol. The Balaban J connectivity index is 4.51. The van der Waals surface area contributed by atoms with Crippen molar-refractivity contribution in [2.75, 3.05) is 0 Å². The predicted octanol–water partition coefficient (Wildman–Crippen LogP) is 4.46. The smallest absolute Gasteiger partial charge is 0.168 e. The van der Waals surface area contributed by atoms with Gasteiger partial charge in [-0.3, -0.25) is 4.79 Å². The van der Waals surface area contributed by atoms with Gasteiger partial charge >= 0.3 is 0 Å². The third-order valence-electron chi connectivity index (χ3n) is 4.26. The SMILES string of the molecule is CCCCCCCC(C(=O)C(CCCCCCC)S(=O)O)S(=O)O. The van der Waals surface area contributed by atoms with Crippen LogP contribution in [-0.4, -0.2) is 33.8 Å². The van der Waals surface area contributed by atoms with E-state index in [0.717, 1.165) is 51.4 Å². The van der Waals surface area contributed by atoms with Gasteiger partial charge in [-0.1, -0.05) is 78.1 Å². The highest BCUT2D eigenvalue weighted by Crippen LogP contribution is 2.18. The fourth-order valence-corrected chi connectivity index (χ4v) is 4.31. The molecule has 0 radical (unpaired) electrons. The lowest BCUT2D eigenvalue weighted by molar-refractivity contribution is -0.118. The summed E-state index contributed by atoms with van der Waals surface area (Å²) in [6.45, 7) is 4.22. The van der Waals surface area contributed by atoms with Crippen LogP contribution < -0.4 is 0 Å². The molecule has 0 aromatic carbocycles. The van der Waals surface area contributed by atoms with Crippen molar-refractivity contribution in [3.8, 4) is 0 Å². The number of rotatable bonds is 16. The number of Topliss-reactive ketones (excluding diaryl/α,β-unsaturated/α-hetero) is 1. The summed E-state index contributed by atoms with van der Waals surface area (Å²) in [6.07, 6.45) is 10.4. The van der Waals surface area contributed by atoms with E-state index in [4.69, 9.17) is 0 Å². The molecule has 2 N–H and O–H groups in total. The first-order valence-electron chi connectivity index (χ1n) is 9.18. The lowest BCUT2D eigenvalue weighted by atomic mass is 10.0. The Morgan fingerprint density at radius 1 is 0.708 bits per heavy atom. The van der Waals surface area contributed by atoms with Crippen LogP contribution in [0.2, 0.25) is 0 Å². The van der Waals surface area contributed by atoms with Gasteiger partial charge in [-0.2, -0.15) is 0 Å². The maximum atomic E-state index is 12.5. The van der Waals surface area contributed by atoms with Gasteiger partial charge in [0.2, 0.25) is 0 Å². The number of carbonyl (C=O) groups excluding carboxylic acids is 1. The van der Waals surface area contributed by atoms with Crippen molar-refractivity contribution in [3.05, 3.63) is 0 Å². The van der Waals surface area contributed by atoms with Crippen molar-refractivity contribution in [3.63, 3.8) is 0 Å². The molecule has 0 bridgehead atoms. The van der Waals surface area contributed by atoms with Gasteiger partial charge in [-0.05, 0) is 12.8 Å². The molecule has 0 saturated heterocycles. The minimum absolute atomic E-state index is 0.315. The molecular weight excluding hydrogens is 348 g/mol. The fourth-order valence-electron chi connectivity index (χ4n) is 2.76. The molecule has 0 aromatic rings. The van der Waals surface area contributed by atoms with Crippen LogP contribution in [0.5, 0.6) is 0 Å². The molecule has 5 nitrogen and oxygen atoms in total. The van der Waals surface area contributed by atoms with E-state index in [0.29, 0.717) is 25.7 Å². The summed E-state index contributed by atoms with van der Waals surface area (Å²) in [6, 6.07) is 0. The first-order chi connectivity index (χ1) is 11.5. The fraction of sp³-hybridized carbons (Fsp3) is 0.941. The first-order valence-corrected chi connectivity index (χ1v) is 11.5. The zero-order chi connectivity index (χ0) is 18.4. The standard InChI is InChI=1S/C17H34O5S2/c1-3-5-7-9-11-13-15(23(19)20)17(18)16(24(21)22)14-12-10-8-6-4-2/h15-16H,3-14H2,1-2H3,(H,19,20)(H,21,22). The van der Waals surface area contributed by atoms with Gasteiger partial charge in [0, 0.05) is 0 Å². The molecule has 0 spiro atoms. The van der Waals surface area contributed by atoms with E-state index in [2.05, 4.69) is 13.8 Å². The molecule has 0 rings (SSSR count). The maximum Gasteiger partial charge on any atom is 0.168 e. The van der Waals surface area contributed by atoms with Crippen LogP contribution in [0.15, 0.2) is 0 Å². The molecular formula is C17H34O5S2. The summed E-state index contributed by atoms with van der Waals surface area (Å²) in [5, 5.41) is -2.08. The summed E-state index contributed by atoms with van der Waals surface area (Å²) in [5.41, 5.74) is 0. The van der Waals surface area contributed by atoms with Crippen LogP contribution in [0.25, 0.3) is 0 Å². The summed E-state index contributed by atoms with van der Waals surface area (Å²) in [7, 11) is 0. The van der Waals surface area contributed by atoms with Gasteiger partial charge in [-0.15, -0.1) is 0 Å². The molecule has 0 saturated carbocycles. The van der Waals surface area contributed by atoms with Crippen LogP contribution in [0.3, 0.4) is 0 Å². The van der Waals surface area contributed by atoms with Crippen molar-refractivity contribution < 1.29 is 22.3 Å². The number of ketones is 1. The Kier molecular flexibility index (Phi) is 15.1. The van der Waals surface area contributed by atoms with Crippen LogP contribution >= 0.6 is 0 Å². The Morgan fingerprint density at radius 3 is 1.33 bits per heavy atom. The zero-order valence-electron chi connectivity index (χ0n) is 15.1. The number of hydrogen-bond acceptors (Lipinski definition) is 3. The van der Waals surface area contributed by atoms with Crippen molar-refractivity contribution in [1.29, 1.82) is 0 Å².